The molecule has 0 aliphatic rings. The van der Waals surface area contributed by atoms with Crippen molar-refractivity contribution in [3.63, 3.8) is 0 Å². The maximum Gasteiger partial charge on any atom is 0.394 e. The first kappa shape index (κ1) is 15.0. The second kappa shape index (κ2) is 6.22. The number of nitrogens with zero attached hydrogens (tertiary/aromatic N) is 1. The highest BCUT2D eigenvalue weighted by atomic mass is 16.5. The van der Waals surface area contributed by atoms with E-state index in [4.69, 9.17) is 9.84 Å². The quantitative estimate of drug-likeness (QED) is 0.836. The molecule has 104 valence electrons. The van der Waals surface area contributed by atoms with E-state index in [9.17, 15) is 9.59 Å². The van der Waals surface area contributed by atoms with Gasteiger partial charge in [0.15, 0.2) is 0 Å². The molecule has 0 aromatic heterocycles. The smallest absolute Gasteiger partial charge is 0.394 e. The molecular formula is C14H19NO4. The Bertz CT molecular complexity index is 473. The third-order valence-electron chi connectivity index (χ3n) is 2.99. The lowest BCUT2D eigenvalue weighted by Gasteiger charge is -2.16. The Labute approximate surface area is 112 Å². The van der Waals surface area contributed by atoms with E-state index in [1.54, 1.807) is 7.11 Å². The number of carbonyl (C=O) groups is 2. The van der Waals surface area contributed by atoms with Gasteiger partial charge >= 0.3 is 11.9 Å². The molecule has 1 aromatic carbocycles. The second-order valence-corrected chi connectivity index (χ2v) is 4.54. The molecule has 0 spiro atoms. The lowest BCUT2D eigenvalue weighted by atomic mass is 10.0. The Morgan fingerprint density at radius 2 is 1.79 bits per heavy atom. The standard InChI is InChI=1S/C14H19NO4/c1-9-7-11(8-10(2)12(9)19-4)5-6-15(3)13(16)14(17)18/h7-8H,5-6H2,1-4H3,(H,17,18). The molecule has 5 nitrogen and oxygen atoms in total. The van der Waals surface area contributed by atoms with E-state index in [1.165, 1.54) is 11.9 Å². The molecule has 1 aromatic rings. The molecule has 19 heavy (non-hydrogen) atoms. The van der Waals surface area contributed by atoms with E-state index in [1.807, 2.05) is 26.0 Å². The molecule has 5 heteroatoms. The normalized spacial score (nSPS) is 10.1. The van der Waals surface area contributed by atoms with Crippen LogP contribution in [0.3, 0.4) is 0 Å². The number of benzene rings is 1. The summed E-state index contributed by atoms with van der Waals surface area (Å²) in [6.45, 7) is 4.29. The number of hydrogen-bond acceptors (Lipinski definition) is 3. The van der Waals surface area contributed by atoms with Gasteiger partial charge in [-0.05, 0) is 37.0 Å². The van der Waals surface area contributed by atoms with Crippen LogP contribution in [-0.4, -0.2) is 42.6 Å². The zero-order valence-corrected chi connectivity index (χ0v) is 11.7. The van der Waals surface area contributed by atoms with Crippen molar-refractivity contribution in [3.05, 3.63) is 28.8 Å². The molecule has 0 unspecified atom stereocenters. The van der Waals surface area contributed by atoms with Crippen LogP contribution in [0.2, 0.25) is 0 Å². The van der Waals surface area contributed by atoms with Crippen molar-refractivity contribution in [3.8, 4) is 5.75 Å². The Kier molecular flexibility index (Phi) is 4.92. The van der Waals surface area contributed by atoms with Crippen molar-refractivity contribution in [2.24, 2.45) is 0 Å². The van der Waals surface area contributed by atoms with E-state index in [0.717, 1.165) is 22.4 Å². The number of rotatable bonds is 4. The van der Waals surface area contributed by atoms with Gasteiger partial charge < -0.3 is 14.7 Å². The first-order chi connectivity index (χ1) is 8.86. The predicted molar refractivity (Wildman–Crippen MR) is 71.4 cm³/mol. The van der Waals surface area contributed by atoms with E-state index in [2.05, 4.69) is 0 Å². The van der Waals surface area contributed by atoms with E-state index in [-0.39, 0.29) is 0 Å². The summed E-state index contributed by atoms with van der Waals surface area (Å²) in [6, 6.07) is 3.98. The van der Waals surface area contributed by atoms with Gasteiger partial charge in [0, 0.05) is 13.6 Å². The van der Waals surface area contributed by atoms with Crippen molar-refractivity contribution >= 4 is 11.9 Å². The highest BCUT2D eigenvalue weighted by Crippen LogP contribution is 2.24. The number of amides is 1. The fourth-order valence-corrected chi connectivity index (χ4v) is 2.07. The molecule has 0 aliphatic carbocycles. The molecule has 0 saturated heterocycles. The summed E-state index contributed by atoms with van der Waals surface area (Å²) >= 11 is 0. The Balaban J connectivity index is 2.74. The number of methoxy groups -OCH3 is 1. The minimum absolute atomic E-state index is 0.371. The van der Waals surface area contributed by atoms with Crippen molar-refractivity contribution < 1.29 is 19.4 Å². The van der Waals surface area contributed by atoms with Crippen LogP contribution in [-0.2, 0) is 16.0 Å². The maximum absolute atomic E-state index is 11.2. The highest BCUT2D eigenvalue weighted by Gasteiger charge is 2.16. The first-order valence-electron chi connectivity index (χ1n) is 5.99. The minimum Gasteiger partial charge on any atom is -0.496 e. The van der Waals surface area contributed by atoms with E-state index in [0.29, 0.717) is 13.0 Å². The average Bonchev–Trinajstić information content (AvgIpc) is 2.34. The number of ether oxygens (including phenoxy) is 1. The molecule has 0 fully saturated rings. The van der Waals surface area contributed by atoms with Gasteiger partial charge in [0.2, 0.25) is 0 Å². The molecule has 0 radical (unpaired) electrons. The zero-order valence-electron chi connectivity index (χ0n) is 11.7. The number of aryl methyl sites for hydroxylation is 2. The van der Waals surface area contributed by atoms with Gasteiger partial charge in [0.25, 0.3) is 0 Å². The van der Waals surface area contributed by atoms with Crippen LogP contribution in [0, 0.1) is 13.8 Å². The molecule has 1 rings (SSSR count). The molecule has 1 amide bonds. The van der Waals surface area contributed by atoms with E-state index >= 15 is 0 Å². The lowest BCUT2D eigenvalue weighted by molar-refractivity contribution is -0.155. The van der Waals surface area contributed by atoms with E-state index < -0.39 is 11.9 Å². The Hall–Kier alpha value is -2.04. The molecule has 0 heterocycles. The minimum atomic E-state index is -1.43. The average molecular weight is 265 g/mol. The second-order valence-electron chi connectivity index (χ2n) is 4.54. The number of aliphatic carboxylic acids is 1. The van der Waals surface area contributed by atoms with Gasteiger partial charge in [-0.15, -0.1) is 0 Å². The third kappa shape index (κ3) is 3.71. The van der Waals surface area contributed by atoms with Crippen LogP contribution in [0.15, 0.2) is 12.1 Å². The van der Waals surface area contributed by atoms with Crippen molar-refractivity contribution in [2.75, 3.05) is 20.7 Å². The summed E-state index contributed by atoms with van der Waals surface area (Å²) in [4.78, 5) is 22.9. The van der Waals surface area contributed by atoms with Gasteiger partial charge in [0.05, 0.1) is 7.11 Å². The topological polar surface area (TPSA) is 66.8 Å². The summed E-state index contributed by atoms with van der Waals surface area (Å²) < 4.78 is 5.28. The van der Waals surface area contributed by atoms with Crippen LogP contribution in [0.25, 0.3) is 0 Å². The number of carbonyl (C=O) groups excluding carboxylic acids is 1. The van der Waals surface area contributed by atoms with Crippen LogP contribution in [0.5, 0.6) is 5.75 Å². The summed E-state index contributed by atoms with van der Waals surface area (Å²) in [5.74, 6) is -1.45. The number of carboxylic acids is 1. The van der Waals surface area contributed by atoms with Crippen molar-refractivity contribution in [1.29, 1.82) is 0 Å². The number of hydrogen-bond donors (Lipinski definition) is 1. The molecule has 0 aliphatic heterocycles. The summed E-state index contributed by atoms with van der Waals surface area (Å²) in [5, 5.41) is 8.60. The summed E-state index contributed by atoms with van der Waals surface area (Å²) in [5.41, 5.74) is 3.12. The summed E-state index contributed by atoms with van der Waals surface area (Å²) in [6.07, 6.45) is 0.612. The van der Waals surface area contributed by atoms with Crippen LogP contribution in [0.4, 0.5) is 0 Å². The molecule has 0 saturated carbocycles. The zero-order chi connectivity index (χ0) is 14.6. The SMILES string of the molecule is COc1c(C)cc(CCN(C)C(=O)C(=O)O)cc1C. The maximum atomic E-state index is 11.2. The summed E-state index contributed by atoms with van der Waals surface area (Å²) in [7, 11) is 3.12. The van der Waals surface area contributed by atoms with Gasteiger partial charge in [-0.25, -0.2) is 4.79 Å². The van der Waals surface area contributed by atoms with Crippen molar-refractivity contribution in [1.82, 2.24) is 4.90 Å². The van der Waals surface area contributed by atoms with Crippen molar-refractivity contribution in [2.45, 2.75) is 20.3 Å². The predicted octanol–water partition coefficient (Wildman–Crippen LogP) is 1.40. The Morgan fingerprint density at radius 1 is 1.26 bits per heavy atom. The highest BCUT2D eigenvalue weighted by molar-refractivity contribution is 6.31. The van der Waals surface area contributed by atoms with Gasteiger partial charge in [-0.3, -0.25) is 4.79 Å². The monoisotopic (exact) mass is 265 g/mol. The van der Waals surface area contributed by atoms with Gasteiger partial charge in [-0.2, -0.15) is 0 Å². The fourth-order valence-electron chi connectivity index (χ4n) is 2.07. The molecular weight excluding hydrogens is 246 g/mol. The molecule has 1 N–H and O–H groups in total. The van der Waals surface area contributed by atoms with Gasteiger partial charge in [-0.1, -0.05) is 12.1 Å². The van der Waals surface area contributed by atoms with Gasteiger partial charge in [0.1, 0.15) is 5.75 Å². The lowest BCUT2D eigenvalue weighted by Crippen LogP contribution is -2.34. The third-order valence-corrected chi connectivity index (χ3v) is 2.99. The number of carboxylic acid groups (broad SMARTS) is 1. The van der Waals surface area contributed by atoms with Crippen LogP contribution < -0.4 is 4.74 Å². The first-order valence-corrected chi connectivity index (χ1v) is 5.99. The Morgan fingerprint density at radius 3 is 2.21 bits per heavy atom. The number of likely N-dealkylation sites (N-methyl/N-ethyl adjacent to an activating group) is 1. The largest absolute Gasteiger partial charge is 0.496 e. The van der Waals surface area contributed by atoms with Crippen LogP contribution in [0.1, 0.15) is 16.7 Å². The molecule has 0 atom stereocenters. The van der Waals surface area contributed by atoms with Crippen LogP contribution >= 0.6 is 0 Å². The molecule has 0 bridgehead atoms. The fraction of sp³-hybridized carbons (Fsp3) is 0.429.